The second-order valence-electron chi connectivity index (χ2n) is 9.46. The first-order valence-corrected chi connectivity index (χ1v) is 13.5. The predicted octanol–water partition coefficient (Wildman–Crippen LogP) is 7.21. The maximum absolute atomic E-state index is 13.9. The number of hydrazone groups is 1. The van der Waals surface area contributed by atoms with Crippen molar-refractivity contribution in [3.63, 3.8) is 0 Å². The SMILES string of the molecule is Cc1c(C(=O)N(Cc2ccccc2)Cc2ccccc2)oc2c1/C(=N/NC(=O)c1ccc(Cl)cc1Cl)CCC2. The third-order valence-corrected chi connectivity index (χ3v) is 7.26. The molecule has 1 aliphatic carbocycles. The Labute approximate surface area is 237 Å². The van der Waals surface area contributed by atoms with E-state index in [1.54, 1.807) is 17.0 Å². The average Bonchev–Trinajstić information content (AvgIpc) is 3.29. The van der Waals surface area contributed by atoms with Crippen LogP contribution in [-0.2, 0) is 19.5 Å². The van der Waals surface area contributed by atoms with Gasteiger partial charge in [0, 0.05) is 35.7 Å². The van der Waals surface area contributed by atoms with Crippen LogP contribution in [0.2, 0.25) is 10.0 Å². The summed E-state index contributed by atoms with van der Waals surface area (Å²) in [4.78, 5) is 28.4. The van der Waals surface area contributed by atoms with Crippen LogP contribution < -0.4 is 5.43 Å². The van der Waals surface area contributed by atoms with Crippen molar-refractivity contribution in [1.82, 2.24) is 10.3 Å². The second-order valence-corrected chi connectivity index (χ2v) is 10.3. The number of rotatable bonds is 7. The molecule has 0 spiro atoms. The maximum Gasteiger partial charge on any atom is 0.290 e. The molecule has 0 saturated heterocycles. The third-order valence-electron chi connectivity index (χ3n) is 6.71. The summed E-state index contributed by atoms with van der Waals surface area (Å²) in [7, 11) is 0. The second kappa shape index (κ2) is 11.9. The lowest BCUT2D eigenvalue weighted by molar-refractivity contribution is 0.0694. The summed E-state index contributed by atoms with van der Waals surface area (Å²) >= 11 is 12.1. The Bertz CT molecular complexity index is 1490. The zero-order valence-corrected chi connectivity index (χ0v) is 22.9. The zero-order valence-electron chi connectivity index (χ0n) is 21.4. The third kappa shape index (κ3) is 6.08. The molecule has 8 heteroatoms. The fourth-order valence-corrected chi connectivity index (χ4v) is 5.28. The van der Waals surface area contributed by atoms with E-state index in [0.717, 1.165) is 28.7 Å². The molecule has 1 aromatic heterocycles. The molecule has 1 heterocycles. The smallest absolute Gasteiger partial charge is 0.290 e. The lowest BCUT2D eigenvalue weighted by Gasteiger charge is -2.22. The van der Waals surface area contributed by atoms with Gasteiger partial charge in [-0.2, -0.15) is 5.10 Å². The molecule has 1 aliphatic rings. The summed E-state index contributed by atoms with van der Waals surface area (Å²) < 4.78 is 6.19. The number of benzene rings is 3. The van der Waals surface area contributed by atoms with Gasteiger partial charge in [0.2, 0.25) is 0 Å². The number of aryl methyl sites for hydroxylation is 1. The van der Waals surface area contributed by atoms with Gasteiger partial charge in [-0.05, 0) is 49.1 Å². The van der Waals surface area contributed by atoms with Gasteiger partial charge in [-0.1, -0.05) is 83.9 Å². The van der Waals surface area contributed by atoms with Gasteiger partial charge in [-0.25, -0.2) is 5.43 Å². The van der Waals surface area contributed by atoms with E-state index in [9.17, 15) is 9.59 Å². The van der Waals surface area contributed by atoms with Gasteiger partial charge in [0.25, 0.3) is 11.8 Å². The lowest BCUT2D eigenvalue weighted by Crippen LogP contribution is -2.30. The van der Waals surface area contributed by atoms with Gasteiger partial charge < -0.3 is 9.32 Å². The Balaban J connectivity index is 1.43. The molecular weight excluding hydrogens is 533 g/mol. The molecule has 2 amide bonds. The molecule has 1 N–H and O–H groups in total. The number of fused-ring (bicyclic) bond motifs is 1. The average molecular weight is 560 g/mol. The van der Waals surface area contributed by atoms with E-state index < -0.39 is 5.91 Å². The Morgan fingerprint density at radius 3 is 2.18 bits per heavy atom. The lowest BCUT2D eigenvalue weighted by atomic mass is 9.93. The highest BCUT2D eigenvalue weighted by Crippen LogP contribution is 2.31. The predicted molar refractivity (Wildman–Crippen MR) is 153 cm³/mol. The van der Waals surface area contributed by atoms with Crippen LogP contribution in [-0.4, -0.2) is 22.4 Å². The fraction of sp³-hybridized carbons (Fsp3) is 0.194. The first-order chi connectivity index (χ1) is 18.9. The van der Waals surface area contributed by atoms with Crippen LogP contribution in [0.5, 0.6) is 0 Å². The minimum absolute atomic E-state index is 0.189. The van der Waals surface area contributed by atoms with Crippen molar-refractivity contribution < 1.29 is 14.0 Å². The summed E-state index contributed by atoms with van der Waals surface area (Å²) in [5.74, 6) is 0.379. The van der Waals surface area contributed by atoms with Gasteiger partial charge in [0.1, 0.15) is 5.76 Å². The van der Waals surface area contributed by atoms with E-state index in [2.05, 4.69) is 10.5 Å². The monoisotopic (exact) mass is 559 g/mol. The van der Waals surface area contributed by atoms with Crippen molar-refractivity contribution in [2.45, 2.75) is 39.3 Å². The maximum atomic E-state index is 13.9. The molecule has 198 valence electrons. The van der Waals surface area contributed by atoms with Crippen LogP contribution in [0.25, 0.3) is 0 Å². The highest BCUT2D eigenvalue weighted by molar-refractivity contribution is 6.36. The van der Waals surface area contributed by atoms with Gasteiger partial charge in [0.05, 0.1) is 16.3 Å². The van der Waals surface area contributed by atoms with Crippen LogP contribution in [0, 0.1) is 6.92 Å². The molecule has 0 aliphatic heterocycles. The number of carbonyl (C=O) groups is 2. The number of furan rings is 1. The minimum Gasteiger partial charge on any atom is -0.455 e. The Morgan fingerprint density at radius 2 is 1.56 bits per heavy atom. The molecule has 0 unspecified atom stereocenters. The van der Waals surface area contributed by atoms with Crippen LogP contribution in [0.15, 0.2) is 88.4 Å². The van der Waals surface area contributed by atoms with Crippen LogP contribution in [0.4, 0.5) is 0 Å². The summed E-state index contributed by atoms with van der Waals surface area (Å²) in [6.45, 7) is 2.76. The molecule has 0 atom stereocenters. The number of carbonyl (C=O) groups excluding carboxylic acids is 2. The molecule has 3 aromatic carbocycles. The molecular formula is C31H27Cl2N3O3. The normalized spacial score (nSPS) is 13.7. The molecule has 39 heavy (non-hydrogen) atoms. The number of nitrogens with zero attached hydrogens (tertiary/aromatic N) is 2. The van der Waals surface area contributed by atoms with E-state index in [0.29, 0.717) is 48.2 Å². The fourth-order valence-electron chi connectivity index (χ4n) is 4.79. The Kier molecular flexibility index (Phi) is 8.15. The van der Waals surface area contributed by atoms with Crippen molar-refractivity contribution in [2.75, 3.05) is 0 Å². The number of hydrogen-bond donors (Lipinski definition) is 1. The van der Waals surface area contributed by atoms with Crippen molar-refractivity contribution in [3.8, 4) is 0 Å². The topological polar surface area (TPSA) is 74.9 Å². The summed E-state index contributed by atoms with van der Waals surface area (Å²) in [6.07, 6.45) is 2.13. The molecule has 0 radical (unpaired) electrons. The van der Waals surface area contributed by atoms with Gasteiger partial charge >= 0.3 is 0 Å². The number of nitrogens with one attached hydrogen (secondary N) is 1. The van der Waals surface area contributed by atoms with Crippen molar-refractivity contribution >= 4 is 40.7 Å². The van der Waals surface area contributed by atoms with E-state index >= 15 is 0 Å². The van der Waals surface area contributed by atoms with Crippen LogP contribution in [0.3, 0.4) is 0 Å². The quantitative estimate of drug-likeness (QED) is 0.243. The summed E-state index contributed by atoms with van der Waals surface area (Å²) in [5.41, 5.74) is 7.12. The van der Waals surface area contributed by atoms with Gasteiger partial charge in [0.15, 0.2) is 5.76 Å². The van der Waals surface area contributed by atoms with E-state index in [1.165, 1.54) is 6.07 Å². The highest BCUT2D eigenvalue weighted by atomic mass is 35.5. The van der Waals surface area contributed by atoms with Gasteiger partial charge in [-0.3, -0.25) is 9.59 Å². The summed E-state index contributed by atoms with van der Waals surface area (Å²) in [5, 5.41) is 5.11. The molecule has 0 fully saturated rings. The van der Waals surface area contributed by atoms with Crippen molar-refractivity contribution in [3.05, 3.63) is 128 Å². The van der Waals surface area contributed by atoms with E-state index in [-0.39, 0.29) is 16.5 Å². The molecule has 5 rings (SSSR count). The van der Waals surface area contributed by atoms with Crippen molar-refractivity contribution in [2.24, 2.45) is 5.10 Å². The van der Waals surface area contributed by atoms with Crippen LogP contribution in [0.1, 0.15) is 61.8 Å². The minimum atomic E-state index is -0.439. The highest BCUT2D eigenvalue weighted by Gasteiger charge is 2.30. The van der Waals surface area contributed by atoms with Crippen molar-refractivity contribution in [1.29, 1.82) is 0 Å². The molecule has 0 bridgehead atoms. The number of hydrogen-bond acceptors (Lipinski definition) is 4. The summed E-state index contributed by atoms with van der Waals surface area (Å²) in [6, 6.07) is 24.5. The number of amides is 2. The first kappa shape index (κ1) is 26.7. The largest absolute Gasteiger partial charge is 0.455 e. The molecule has 0 saturated carbocycles. The van der Waals surface area contributed by atoms with Gasteiger partial charge in [-0.15, -0.1) is 0 Å². The van der Waals surface area contributed by atoms with E-state index in [1.807, 2.05) is 67.6 Å². The zero-order chi connectivity index (χ0) is 27.4. The van der Waals surface area contributed by atoms with E-state index in [4.69, 9.17) is 27.6 Å². The number of halogens is 2. The molecule has 4 aromatic rings. The van der Waals surface area contributed by atoms with Crippen LogP contribution >= 0.6 is 23.2 Å². The Morgan fingerprint density at radius 1 is 0.923 bits per heavy atom. The molecule has 6 nitrogen and oxygen atoms in total. The Hall–Kier alpha value is -3.87. The first-order valence-electron chi connectivity index (χ1n) is 12.7. The standard InChI is InChI=1S/C31H27Cl2N3O3/c1-20-28-26(34-35-30(37)24-16-15-23(32)17-25(24)33)13-8-14-27(28)39-29(20)31(38)36(18-21-9-4-2-5-10-21)19-22-11-6-3-7-12-22/h2-7,9-12,15-17H,8,13-14,18-19H2,1H3,(H,35,37)/b34-26+.